The van der Waals surface area contributed by atoms with Gasteiger partial charge in [-0.05, 0) is 22.7 Å². The minimum atomic E-state index is -5.19. The van der Waals surface area contributed by atoms with E-state index in [-0.39, 0.29) is 29.5 Å². The maximum Gasteiger partial charge on any atom is 0.471 e. The Bertz CT molecular complexity index is 1400. The third kappa shape index (κ3) is 4.75. The molecule has 0 radical (unpaired) electrons. The first-order valence-electron chi connectivity index (χ1n) is 11.8. The molecule has 38 heavy (non-hydrogen) atoms. The van der Waals surface area contributed by atoms with E-state index in [0.29, 0.717) is 4.96 Å². The highest BCUT2D eigenvalue weighted by Crippen LogP contribution is 2.65. The molecule has 1 aliphatic carbocycles. The number of alkyl halides is 3. The Morgan fingerprint density at radius 3 is 2.47 bits per heavy atom. The Labute approximate surface area is 219 Å². The molecule has 1 aliphatic heterocycles. The highest BCUT2D eigenvalue weighted by Gasteiger charge is 2.70. The van der Waals surface area contributed by atoms with Gasteiger partial charge in [-0.2, -0.15) is 18.4 Å². The van der Waals surface area contributed by atoms with Gasteiger partial charge in [0.05, 0.1) is 11.8 Å². The smallest absolute Gasteiger partial charge is 0.336 e. The van der Waals surface area contributed by atoms with Crippen molar-refractivity contribution in [1.29, 1.82) is 5.26 Å². The quantitative estimate of drug-likeness (QED) is 0.583. The van der Waals surface area contributed by atoms with Crippen LogP contribution < -0.4 is 16.2 Å². The molecule has 204 valence electrons. The van der Waals surface area contributed by atoms with Gasteiger partial charge in [0, 0.05) is 24.2 Å². The summed E-state index contributed by atoms with van der Waals surface area (Å²) in [5.74, 6) is -4.15. The predicted octanol–water partition coefficient (Wildman–Crippen LogP) is 2.01. The van der Waals surface area contributed by atoms with E-state index in [1.807, 2.05) is 19.9 Å². The first-order valence-corrected chi connectivity index (χ1v) is 12.7. The van der Waals surface area contributed by atoms with E-state index in [1.54, 1.807) is 10.7 Å². The fourth-order valence-electron chi connectivity index (χ4n) is 5.25. The van der Waals surface area contributed by atoms with E-state index in [4.69, 9.17) is 0 Å². The van der Waals surface area contributed by atoms with Gasteiger partial charge in [-0.3, -0.25) is 23.6 Å². The summed E-state index contributed by atoms with van der Waals surface area (Å²) in [6.07, 6.45) is -3.66. The van der Waals surface area contributed by atoms with Crippen LogP contribution in [0.15, 0.2) is 22.4 Å². The van der Waals surface area contributed by atoms with E-state index in [1.165, 1.54) is 47.6 Å². The summed E-state index contributed by atoms with van der Waals surface area (Å²) in [6.45, 7) is 8.50. The second kappa shape index (κ2) is 9.07. The van der Waals surface area contributed by atoms with Crippen LogP contribution in [0.3, 0.4) is 0 Å². The van der Waals surface area contributed by atoms with Gasteiger partial charge in [0.1, 0.15) is 12.1 Å². The lowest BCUT2D eigenvalue weighted by molar-refractivity contribution is -0.176. The molecule has 0 bridgehead atoms. The number of carbonyl (C=O) groups excluding carboxylic acids is 3. The summed E-state index contributed by atoms with van der Waals surface area (Å²) in [6, 6.07) is -0.888. The lowest BCUT2D eigenvalue weighted by Crippen LogP contribution is -2.60. The van der Waals surface area contributed by atoms with Crippen molar-refractivity contribution in [2.45, 2.75) is 58.9 Å². The van der Waals surface area contributed by atoms with Gasteiger partial charge in [0.2, 0.25) is 11.8 Å². The van der Waals surface area contributed by atoms with Crippen molar-refractivity contribution in [3.8, 4) is 6.07 Å². The summed E-state index contributed by atoms with van der Waals surface area (Å²) in [7, 11) is 0. The number of carbonyl (C=O) groups is 3. The lowest BCUT2D eigenvalue weighted by atomic mass is 9.85. The Morgan fingerprint density at radius 1 is 1.24 bits per heavy atom. The number of nitrogens with one attached hydrogen (secondary N) is 2. The largest absolute Gasteiger partial charge is 0.471 e. The molecule has 3 heterocycles. The standard InChI is InChI=1S/C24H27F3N6O4S/c1-22(2,3)17(31-20(37)24(25,26)27)19(36)33-10-11-15(23(11,4)5)16(33)18(35)29-13(9-28)12-8-14(34)32-6-7-38-21(32)30-12/h6-8,11,13,15-17H,10H2,1-5H3,(H,29,35)(H,31,37)/t11-,13?,15-,16-,17+/m0/s1. The van der Waals surface area contributed by atoms with E-state index in [0.717, 1.165) is 6.07 Å². The van der Waals surface area contributed by atoms with Crippen molar-refractivity contribution in [3.05, 3.63) is 33.7 Å². The number of likely N-dealkylation sites (tertiary alicyclic amines) is 1. The maximum atomic E-state index is 13.6. The van der Waals surface area contributed by atoms with Crippen LogP contribution in [-0.4, -0.2) is 56.8 Å². The maximum absolute atomic E-state index is 13.6. The number of thiazole rings is 1. The monoisotopic (exact) mass is 552 g/mol. The van der Waals surface area contributed by atoms with Gasteiger partial charge in [0.25, 0.3) is 5.56 Å². The Morgan fingerprint density at radius 2 is 1.89 bits per heavy atom. The molecule has 1 saturated carbocycles. The Hall–Kier alpha value is -3.47. The number of rotatable bonds is 5. The molecule has 0 aromatic carbocycles. The fraction of sp³-hybridized carbons (Fsp3) is 0.583. The van der Waals surface area contributed by atoms with Crippen molar-refractivity contribution in [1.82, 2.24) is 24.9 Å². The minimum Gasteiger partial charge on any atom is -0.336 e. The summed E-state index contributed by atoms with van der Waals surface area (Å²) in [4.78, 5) is 57.0. The van der Waals surface area contributed by atoms with Crippen molar-refractivity contribution in [2.75, 3.05) is 6.54 Å². The Kier molecular flexibility index (Phi) is 6.58. The van der Waals surface area contributed by atoms with Crippen molar-refractivity contribution < 1.29 is 27.6 Å². The predicted molar refractivity (Wildman–Crippen MR) is 130 cm³/mol. The van der Waals surface area contributed by atoms with E-state index < -0.39 is 53.0 Å². The SMILES string of the molecule is CC(C)(C)[C@H](NC(=O)C(F)(F)F)C(=O)N1C[C@H]2[C@@H]([C@H]1C(=O)NC(C#N)c1cc(=O)n3ccsc3n1)C2(C)C. The van der Waals surface area contributed by atoms with Crippen LogP contribution in [0.2, 0.25) is 0 Å². The van der Waals surface area contributed by atoms with Crippen LogP contribution in [0.25, 0.3) is 4.96 Å². The highest BCUT2D eigenvalue weighted by atomic mass is 32.1. The van der Waals surface area contributed by atoms with Crippen LogP contribution in [0, 0.1) is 34.0 Å². The van der Waals surface area contributed by atoms with Crippen LogP contribution in [-0.2, 0) is 14.4 Å². The number of fused-ring (bicyclic) bond motifs is 2. The van der Waals surface area contributed by atoms with Gasteiger partial charge < -0.3 is 15.5 Å². The number of hydrogen-bond acceptors (Lipinski definition) is 7. The van der Waals surface area contributed by atoms with Gasteiger partial charge in [-0.25, -0.2) is 4.98 Å². The third-order valence-corrected chi connectivity index (χ3v) is 8.20. The molecular weight excluding hydrogens is 525 g/mol. The second-order valence-corrected chi connectivity index (χ2v) is 12.2. The van der Waals surface area contributed by atoms with Crippen molar-refractivity contribution >= 4 is 34.0 Å². The molecule has 2 aromatic rings. The van der Waals surface area contributed by atoms with Crippen LogP contribution in [0.4, 0.5) is 13.2 Å². The van der Waals surface area contributed by atoms with Crippen molar-refractivity contribution in [3.63, 3.8) is 0 Å². The molecule has 2 aromatic heterocycles. The van der Waals surface area contributed by atoms with E-state index in [9.17, 15) is 37.6 Å². The minimum absolute atomic E-state index is 0.0285. The van der Waals surface area contributed by atoms with Crippen LogP contribution >= 0.6 is 11.3 Å². The van der Waals surface area contributed by atoms with Crippen LogP contribution in [0.1, 0.15) is 46.4 Å². The number of piperidine rings is 1. The topological polar surface area (TPSA) is 137 Å². The first-order chi connectivity index (χ1) is 17.5. The average molecular weight is 553 g/mol. The van der Waals surface area contributed by atoms with E-state index >= 15 is 0 Å². The summed E-state index contributed by atoms with van der Waals surface area (Å²) >= 11 is 1.17. The number of aromatic nitrogens is 2. The molecule has 2 aliphatic rings. The number of amides is 3. The fourth-order valence-corrected chi connectivity index (χ4v) is 5.97. The molecule has 0 spiro atoms. The molecule has 14 heteroatoms. The number of halogens is 3. The first kappa shape index (κ1) is 27.6. The molecule has 1 saturated heterocycles. The molecular formula is C24H27F3N6O4S. The Balaban J connectivity index is 1.62. The zero-order valence-electron chi connectivity index (χ0n) is 21.3. The van der Waals surface area contributed by atoms with Gasteiger partial charge in [0.15, 0.2) is 11.0 Å². The summed E-state index contributed by atoms with van der Waals surface area (Å²) < 4.78 is 40.3. The summed E-state index contributed by atoms with van der Waals surface area (Å²) in [5.41, 5.74) is -1.82. The summed E-state index contributed by atoms with van der Waals surface area (Å²) in [5, 5.41) is 15.8. The van der Waals surface area contributed by atoms with Gasteiger partial charge in [-0.15, -0.1) is 11.3 Å². The van der Waals surface area contributed by atoms with Gasteiger partial charge >= 0.3 is 12.1 Å². The molecule has 2 N–H and O–H groups in total. The van der Waals surface area contributed by atoms with Crippen molar-refractivity contribution in [2.24, 2.45) is 22.7 Å². The molecule has 2 fully saturated rings. The number of nitriles is 1. The normalized spacial score (nSPS) is 23.8. The second-order valence-electron chi connectivity index (χ2n) is 11.3. The van der Waals surface area contributed by atoms with Gasteiger partial charge in [-0.1, -0.05) is 34.6 Å². The lowest BCUT2D eigenvalue weighted by Gasteiger charge is -2.37. The molecule has 1 unspecified atom stereocenters. The zero-order valence-corrected chi connectivity index (χ0v) is 22.1. The highest BCUT2D eigenvalue weighted by molar-refractivity contribution is 7.15. The number of hydrogen-bond donors (Lipinski definition) is 2. The molecule has 10 nitrogen and oxygen atoms in total. The third-order valence-electron chi connectivity index (χ3n) is 7.44. The van der Waals surface area contributed by atoms with Crippen LogP contribution in [0.5, 0.6) is 0 Å². The zero-order chi connectivity index (χ0) is 28.4. The van der Waals surface area contributed by atoms with E-state index in [2.05, 4.69) is 10.3 Å². The average Bonchev–Trinajstić information content (AvgIpc) is 3.22. The molecule has 5 atom stereocenters. The molecule has 3 amide bonds. The number of nitrogens with zero attached hydrogens (tertiary/aromatic N) is 4. The molecule has 4 rings (SSSR count).